The first kappa shape index (κ1) is 15.3. The Kier molecular flexibility index (Phi) is 5.03. The molecule has 0 bridgehead atoms. The van der Waals surface area contributed by atoms with E-state index in [9.17, 15) is 4.39 Å². The number of hydrogen-bond donors (Lipinski definition) is 1. The number of hydrogen-bond acceptors (Lipinski definition) is 1. The zero-order chi connectivity index (χ0) is 14.7. The van der Waals surface area contributed by atoms with Gasteiger partial charge < -0.3 is 5.32 Å². The second-order valence-electron chi connectivity index (χ2n) is 4.81. The molecule has 0 amide bonds. The van der Waals surface area contributed by atoms with Gasteiger partial charge in [-0.25, -0.2) is 4.39 Å². The van der Waals surface area contributed by atoms with Gasteiger partial charge in [0.2, 0.25) is 0 Å². The van der Waals surface area contributed by atoms with Gasteiger partial charge in [0.1, 0.15) is 5.82 Å². The second-order valence-corrected chi connectivity index (χ2v) is 5.65. The third-order valence-corrected chi connectivity index (χ3v) is 3.91. The van der Waals surface area contributed by atoms with Crippen molar-refractivity contribution in [2.45, 2.75) is 19.4 Å². The van der Waals surface area contributed by atoms with Gasteiger partial charge in [-0.15, -0.1) is 0 Å². The van der Waals surface area contributed by atoms with Crippen LogP contribution in [-0.2, 0) is 6.42 Å². The van der Waals surface area contributed by atoms with Crippen LogP contribution >= 0.6 is 23.2 Å². The van der Waals surface area contributed by atoms with Crippen molar-refractivity contribution in [3.8, 4) is 0 Å². The van der Waals surface area contributed by atoms with E-state index < -0.39 is 0 Å². The predicted octanol–water partition coefficient (Wildman–Crippen LogP) is 4.94. The fraction of sp³-hybridized carbons (Fsp3) is 0.250. The molecule has 0 fully saturated rings. The van der Waals surface area contributed by atoms with E-state index in [-0.39, 0.29) is 11.9 Å². The maximum absolute atomic E-state index is 14.0. The number of rotatable bonds is 4. The highest BCUT2D eigenvalue weighted by molar-refractivity contribution is 6.31. The highest BCUT2D eigenvalue weighted by Crippen LogP contribution is 2.27. The zero-order valence-electron chi connectivity index (χ0n) is 11.4. The van der Waals surface area contributed by atoms with E-state index in [0.717, 1.165) is 11.1 Å². The van der Waals surface area contributed by atoms with Crippen LogP contribution in [0, 0.1) is 12.7 Å². The molecule has 4 heteroatoms. The van der Waals surface area contributed by atoms with Gasteiger partial charge in [0.05, 0.1) is 0 Å². The highest BCUT2D eigenvalue weighted by atomic mass is 35.5. The van der Waals surface area contributed by atoms with Crippen molar-refractivity contribution in [2.24, 2.45) is 0 Å². The molecule has 20 heavy (non-hydrogen) atoms. The molecule has 0 spiro atoms. The summed E-state index contributed by atoms with van der Waals surface area (Å²) >= 11 is 12.0. The molecule has 1 N–H and O–H groups in total. The van der Waals surface area contributed by atoms with E-state index in [2.05, 4.69) is 5.32 Å². The summed E-state index contributed by atoms with van der Waals surface area (Å²) in [5.41, 5.74) is 2.69. The summed E-state index contributed by atoms with van der Waals surface area (Å²) in [7, 11) is 1.81. The number of halogens is 3. The molecule has 0 saturated carbocycles. The molecule has 2 aromatic carbocycles. The lowest BCUT2D eigenvalue weighted by Gasteiger charge is -2.18. The van der Waals surface area contributed by atoms with E-state index in [1.165, 1.54) is 6.07 Å². The van der Waals surface area contributed by atoms with Gasteiger partial charge in [-0.1, -0.05) is 41.4 Å². The van der Waals surface area contributed by atoms with Crippen LogP contribution < -0.4 is 5.32 Å². The van der Waals surface area contributed by atoms with Crippen molar-refractivity contribution in [3.05, 3.63) is 69.0 Å². The largest absolute Gasteiger partial charge is 0.313 e. The average molecular weight is 312 g/mol. The summed E-state index contributed by atoms with van der Waals surface area (Å²) in [4.78, 5) is 0. The van der Waals surface area contributed by atoms with Crippen LogP contribution in [0.5, 0.6) is 0 Å². The molecule has 0 aliphatic rings. The summed E-state index contributed by atoms with van der Waals surface area (Å²) in [6.45, 7) is 1.99. The molecule has 1 unspecified atom stereocenters. The Balaban J connectivity index is 2.28. The first-order valence-corrected chi connectivity index (χ1v) is 7.14. The van der Waals surface area contributed by atoms with E-state index in [1.54, 1.807) is 19.2 Å². The van der Waals surface area contributed by atoms with Crippen LogP contribution in [0.4, 0.5) is 4.39 Å². The second kappa shape index (κ2) is 6.57. The van der Waals surface area contributed by atoms with Crippen LogP contribution in [-0.4, -0.2) is 7.05 Å². The van der Waals surface area contributed by atoms with Gasteiger partial charge in [0, 0.05) is 21.7 Å². The van der Waals surface area contributed by atoms with Crippen LogP contribution in [0.3, 0.4) is 0 Å². The number of nitrogens with one attached hydrogen (secondary N) is 1. The van der Waals surface area contributed by atoms with Gasteiger partial charge >= 0.3 is 0 Å². The Morgan fingerprint density at radius 2 is 1.90 bits per heavy atom. The minimum absolute atomic E-state index is 0.146. The molecule has 1 atom stereocenters. The minimum atomic E-state index is -0.305. The fourth-order valence-electron chi connectivity index (χ4n) is 2.19. The molecule has 1 nitrogen and oxygen atoms in total. The van der Waals surface area contributed by atoms with Crippen LogP contribution in [0.1, 0.15) is 22.7 Å². The summed E-state index contributed by atoms with van der Waals surface area (Å²) in [6, 6.07) is 10.5. The summed E-state index contributed by atoms with van der Waals surface area (Å²) in [5.74, 6) is -0.305. The Bertz CT molecular complexity index is 613. The first-order valence-electron chi connectivity index (χ1n) is 6.38. The third-order valence-electron chi connectivity index (χ3n) is 3.32. The smallest absolute Gasteiger partial charge is 0.129 e. The van der Waals surface area contributed by atoms with Crippen molar-refractivity contribution >= 4 is 23.2 Å². The van der Waals surface area contributed by atoms with Crippen molar-refractivity contribution in [3.63, 3.8) is 0 Å². The summed E-state index contributed by atoms with van der Waals surface area (Å²) < 4.78 is 14.0. The molecule has 2 aromatic rings. The van der Waals surface area contributed by atoms with Crippen molar-refractivity contribution in [2.75, 3.05) is 7.05 Å². The van der Waals surface area contributed by atoms with Crippen molar-refractivity contribution in [1.82, 2.24) is 5.32 Å². The molecule has 0 saturated heterocycles. The zero-order valence-corrected chi connectivity index (χ0v) is 12.9. The maximum Gasteiger partial charge on any atom is 0.129 e. The Labute approximate surface area is 128 Å². The normalized spacial score (nSPS) is 12.4. The van der Waals surface area contributed by atoms with Gasteiger partial charge in [0.25, 0.3) is 0 Å². The number of aryl methyl sites for hydroxylation is 1. The van der Waals surface area contributed by atoms with Gasteiger partial charge in [0.15, 0.2) is 0 Å². The standard InChI is InChI=1S/C16H16Cl2FN/c1-10-3-4-11(14(18)7-10)8-16(20-2)13-6-5-12(17)9-15(13)19/h3-7,9,16,20H,8H2,1-2H3. The summed E-state index contributed by atoms with van der Waals surface area (Å²) in [6.07, 6.45) is 0.619. The Morgan fingerprint density at radius 1 is 1.15 bits per heavy atom. The molecule has 0 aliphatic carbocycles. The SMILES string of the molecule is CNC(Cc1ccc(C)cc1Cl)c1ccc(Cl)cc1F. The quantitative estimate of drug-likeness (QED) is 0.843. The topological polar surface area (TPSA) is 12.0 Å². The molecule has 0 aromatic heterocycles. The predicted molar refractivity (Wildman–Crippen MR) is 83.1 cm³/mol. The molecule has 0 radical (unpaired) electrons. The highest BCUT2D eigenvalue weighted by Gasteiger charge is 2.16. The van der Waals surface area contributed by atoms with Gasteiger partial charge in [-0.05, 0) is 49.7 Å². The van der Waals surface area contributed by atoms with Gasteiger partial charge in [-0.3, -0.25) is 0 Å². The molecule has 106 valence electrons. The average Bonchev–Trinajstić information content (AvgIpc) is 2.39. The van der Waals surface area contributed by atoms with E-state index in [1.807, 2.05) is 25.1 Å². The lowest BCUT2D eigenvalue weighted by Crippen LogP contribution is -2.20. The number of likely N-dealkylation sites (N-methyl/N-ethyl adjacent to an activating group) is 1. The fourth-order valence-corrected chi connectivity index (χ4v) is 2.66. The Morgan fingerprint density at radius 3 is 2.50 bits per heavy atom. The monoisotopic (exact) mass is 311 g/mol. The van der Waals surface area contributed by atoms with E-state index >= 15 is 0 Å². The molecule has 0 heterocycles. The van der Waals surface area contributed by atoms with E-state index in [0.29, 0.717) is 22.0 Å². The van der Waals surface area contributed by atoms with Crippen LogP contribution in [0.2, 0.25) is 10.0 Å². The molecular formula is C16H16Cl2FN. The maximum atomic E-state index is 14.0. The lowest BCUT2D eigenvalue weighted by atomic mass is 9.98. The number of benzene rings is 2. The molecule has 0 aliphatic heterocycles. The van der Waals surface area contributed by atoms with Crippen LogP contribution in [0.25, 0.3) is 0 Å². The molecule has 2 rings (SSSR count). The minimum Gasteiger partial charge on any atom is -0.313 e. The molecular weight excluding hydrogens is 296 g/mol. The first-order chi connectivity index (χ1) is 9.51. The van der Waals surface area contributed by atoms with Crippen LogP contribution in [0.15, 0.2) is 36.4 Å². The van der Waals surface area contributed by atoms with Crippen molar-refractivity contribution in [1.29, 1.82) is 0 Å². The summed E-state index contributed by atoms with van der Waals surface area (Å²) in [5, 5.41) is 4.23. The lowest BCUT2D eigenvalue weighted by molar-refractivity contribution is 0.534. The van der Waals surface area contributed by atoms with Gasteiger partial charge in [-0.2, -0.15) is 0 Å². The third kappa shape index (κ3) is 3.51. The van der Waals surface area contributed by atoms with E-state index in [4.69, 9.17) is 23.2 Å². The Hall–Kier alpha value is -1.09. The van der Waals surface area contributed by atoms with Crippen molar-refractivity contribution < 1.29 is 4.39 Å².